The molecule has 1 spiro atoms. The molecule has 2 fully saturated rings. The van der Waals surface area contributed by atoms with Gasteiger partial charge in [0.25, 0.3) is 0 Å². The van der Waals surface area contributed by atoms with Gasteiger partial charge in [-0.2, -0.15) is 0 Å². The van der Waals surface area contributed by atoms with E-state index in [1.165, 1.54) is 5.56 Å². The smallest absolute Gasteiger partial charge is 0.410 e. The Hall–Kier alpha value is -2.72. The number of amides is 3. The first-order valence-electron chi connectivity index (χ1n) is 11.1. The van der Waals surface area contributed by atoms with Crippen LogP contribution in [-0.4, -0.2) is 86.8 Å². The number of piperidine rings is 1. The number of urea groups is 1. The number of carbonyl (C=O) groups is 2. The van der Waals surface area contributed by atoms with Crippen molar-refractivity contribution < 1.29 is 15.8 Å². The van der Waals surface area contributed by atoms with Gasteiger partial charge in [0.2, 0.25) is 0 Å². The van der Waals surface area contributed by atoms with E-state index < -0.39 is 0 Å². The summed E-state index contributed by atoms with van der Waals surface area (Å²) in [6, 6.07) is 8.43. The first-order valence-corrected chi connectivity index (χ1v) is 11.1. The number of fused-ring (bicyclic) bond motifs is 2. The predicted molar refractivity (Wildman–Crippen MR) is 122 cm³/mol. The Balaban J connectivity index is 0.00000289. The van der Waals surface area contributed by atoms with Crippen LogP contribution in [0.4, 0.5) is 15.3 Å². The summed E-state index contributed by atoms with van der Waals surface area (Å²) in [6.45, 7) is 5.28. The van der Waals surface area contributed by atoms with Crippen LogP contribution in [0.5, 0.6) is 0 Å². The molecule has 7 nitrogen and oxygen atoms in total. The molecule has 1 atom stereocenters. The fourth-order valence-electron chi connectivity index (χ4n) is 5.34. The number of nitrogens with zero attached hydrogens (tertiary/aromatic N) is 4. The largest absolute Gasteiger partial charge is 0.436 e. The molecule has 3 aliphatic heterocycles. The molecule has 0 bridgehead atoms. The third-order valence-electron chi connectivity index (χ3n) is 6.99. The lowest BCUT2D eigenvalue weighted by Gasteiger charge is -2.40. The van der Waals surface area contributed by atoms with Crippen molar-refractivity contribution in [1.29, 1.82) is 0 Å². The normalized spacial score (nSPS) is 22.3. The van der Waals surface area contributed by atoms with Crippen molar-refractivity contribution in [1.82, 2.24) is 14.7 Å². The lowest BCUT2D eigenvalue weighted by atomic mass is 9.74. The molecule has 0 radical (unpaired) electrons. The number of anilines is 1. The van der Waals surface area contributed by atoms with E-state index in [1.807, 2.05) is 25.1 Å². The quantitative estimate of drug-likeness (QED) is 0.698. The molecule has 0 unspecified atom stereocenters. The van der Waals surface area contributed by atoms with Gasteiger partial charge in [-0.05, 0) is 49.9 Å². The van der Waals surface area contributed by atoms with Crippen molar-refractivity contribution in [3.8, 4) is 12.3 Å². The van der Waals surface area contributed by atoms with Crippen LogP contribution >= 0.6 is 0 Å². The summed E-state index contributed by atoms with van der Waals surface area (Å²) in [4.78, 5) is 32.7. The molecule has 3 amide bonds. The van der Waals surface area contributed by atoms with Gasteiger partial charge < -0.3 is 19.4 Å². The van der Waals surface area contributed by atoms with Gasteiger partial charge in [-0.3, -0.25) is 4.90 Å². The number of hydrogen-bond acceptors (Lipinski definition) is 4. The molecule has 0 aliphatic carbocycles. The third-order valence-corrected chi connectivity index (χ3v) is 6.99. The average molecular weight is 427 g/mol. The van der Waals surface area contributed by atoms with Gasteiger partial charge in [0.15, 0.2) is 6.61 Å². The molecule has 31 heavy (non-hydrogen) atoms. The Kier molecular flexibility index (Phi) is 6.10. The summed E-state index contributed by atoms with van der Waals surface area (Å²) in [5.41, 5.74) is 2.42. The number of terminal acetylenes is 1. The molecule has 7 heteroatoms. The van der Waals surface area contributed by atoms with E-state index in [9.17, 15) is 9.59 Å². The van der Waals surface area contributed by atoms with E-state index in [1.54, 1.807) is 9.80 Å². The zero-order valence-electron chi connectivity index (χ0n) is 18.5. The fourth-order valence-corrected chi connectivity index (χ4v) is 5.34. The maximum Gasteiger partial charge on any atom is 0.410 e. The molecule has 0 aromatic heterocycles. The summed E-state index contributed by atoms with van der Waals surface area (Å²) in [5, 5.41) is 0. The zero-order valence-corrected chi connectivity index (χ0v) is 18.5. The molecule has 2 saturated heterocycles. The van der Waals surface area contributed by atoms with Gasteiger partial charge in [-0.15, -0.1) is 6.42 Å². The second-order valence-electron chi connectivity index (χ2n) is 9.22. The fraction of sp³-hybridized carbons (Fsp3) is 0.583. The van der Waals surface area contributed by atoms with Crippen LogP contribution in [-0.2, 0) is 10.2 Å². The highest BCUT2D eigenvalue weighted by atomic mass is 16.6. The number of ether oxygens (including phenoxy) is 1. The van der Waals surface area contributed by atoms with Crippen molar-refractivity contribution in [3.05, 3.63) is 29.8 Å². The van der Waals surface area contributed by atoms with Crippen LogP contribution in [0.1, 0.15) is 26.3 Å². The summed E-state index contributed by atoms with van der Waals surface area (Å²) in [6.07, 6.45) is 7.96. The molecule has 168 valence electrons. The monoisotopic (exact) mass is 426 g/mol. The molecule has 1 aromatic carbocycles. The minimum atomic E-state index is -0.300. The number of carbonyl (C=O) groups excluding carboxylic acids is 2. The zero-order chi connectivity index (χ0) is 22.0. The number of likely N-dealkylation sites (tertiary alicyclic amines) is 2. The molecule has 0 N–H and O–H groups in total. The number of hydrogen-bond donors (Lipinski definition) is 0. The van der Waals surface area contributed by atoms with Crippen molar-refractivity contribution in [2.75, 3.05) is 64.9 Å². The summed E-state index contributed by atoms with van der Waals surface area (Å²) in [7, 11) is 3.62. The first kappa shape index (κ1) is 21.5. The maximum atomic E-state index is 12.8. The van der Waals surface area contributed by atoms with Gasteiger partial charge in [-0.25, -0.2) is 9.59 Å². The van der Waals surface area contributed by atoms with E-state index in [2.05, 4.69) is 29.0 Å². The van der Waals surface area contributed by atoms with Crippen LogP contribution in [0.15, 0.2) is 24.3 Å². The maximum absolute atomic E-state index is 12.8. The van der Waals surface area contributed by atoms with Crippen molar-refractivity contribution in [2.45, 2.75) is 24.7 Å². The summed E-state index contributed by atoms with van der Waals surface area (Å²) >= 11 is 0. The van der Waals surface area contributed by atoms with Crippen LogP contribution in [0.3, 0.4) is 0 Å². The van der Waals surface area contributed by atoms with Crippen molar-refractivity contribution in [2.24, 2.45) is 5.92 Å². The topological polar surface area (TPSA) is 56.3 Å². The number of rotatable bonds is 3. The highest BCUT2D eigenvalue weighted by Gasteiger charge is 2.46. The van der Waals surface area contributed by atoms with Crippen LogP contribution in [0, 0.1) is 18.3 Å². The third kappa shape index (κ3) is 4.22. The summed E-state index contributed by atoms with van der Waals surface area (Å²) < 4.78 is 5.06. The van der Waals surface area contributed by atoms with Gasteiger partial charge in [-0.1, -0.05) is 24.1 Å². The molecule has 4 rings (SSSR count). The van der Waals surface area contributed by atoms with E-state index in [0.29, 0.717) is 5.92 Å². The van der Waals surface area contributed by atoms with E-state index >= 15 is 0 Å². The Labute approximate surface area is 186 Å². The molecule has 3 heterocycles. The van der Waals surface area contributed by atoms with E-state index in [4.69, 9.17) is 11.2 Å². The number of benzene rings is 1. The van der Waals surface area contributed by atoms with Crippen molar-refractivity contribution in [3.63, 3.8) is 0 Å². The standard InChI is InChI=1S/C24H32N4O3.H2/c1-4-15-31-23(30)27-12-9-19(17-27)16-26-13-10-24(11-14-26)18-28(22(29)25(2)3)21-8-6-5-7-20(21)24;/h1,5-8,19H,9-18H2,2-3H3;1H/t19-;/m0./s1. The SMILES string of the molecule is C#CCOC(=O)N1CC[C@@H](CN2CCC3(CC2)CN(C(=O)N(C)C)c2ccccc23)C1.[HH]. The number of para-hydroxylation sites is 1. The minimum absolute atomic E-state index is 0. The molecule has 0 saturated carbocycles. The Morgan fingerprint density at radius 2 is 2.00 bits per heavy atom. The van der Waals surface area contributed by atoms with Crippen LogP contribution in [0.2, 0.25) is 0 Å². The Morgan fingerprint density at radius 3 is 2.71 bits per heavy atom. The van der Waals surface area contributed by atoms with E-state index in [0.717, 1.165) is 64.2 Å². The predicted octanol–water partition coefficient (Wildman–Crippen LogP) is 2.86. The Morgan fingerprint density at radius 1 is 1.26 bits per heavy atom. The van der Waals surface area contributed by atoms with Gasteiger partial charge in [0, 0.05) is 52.8 Å². The lowest BCUT2D eigenvalue weighted by molar-refractivity contribution is 0.117. The highest BCUT2D eigenvalue weighted by molar-refractivity contribution is 5.95. The molecule has 3 aliphatic rings. The molecular weight excluding hydrogens is 392 g/mol. The minimum Gasteiger partial charge on any atom is -0.436 e. The molecular formula is C24H34N4O3. The highest BCUT2D eigenvalue weighted by Crippen LogP contribution is 2.47. The van der Waals surface area contributed by atoms with Gasteiger partial charge >= 0.3 is 12.1 Å². The Bertz CT molecular complexity index is 876. The lowest BCUT2D eigenvalue weighted by Crippen LogP contribution is -2.48. The van der Waals surface area contributed by atoms with Gasteiger partial charge in [0.05, 0.1) is 0 Å². The second-order valence-corrected chi connectivity index (χ2v) is 9.22. The first-order chi connectivity index (χ1) is 14.9. The average Bonchev–Trinajstić information content (AvgIpc) is 3.37. The summed E-state index contributed by atoms with van der Waals surface area (Å²) in [5.74, 6) is 2.81. The van der Waals surface area contributed by atoms with E-state index in [-0.39, 0.29) is 25.6 Å². The van der Waals surface area contributed by atoms with Crippen LogP contribution < -0.4 is 4.90 Å². The van der Waals surface area contributed by atoms with Crippen molar-refractivity contribution >= 4 is 17.8 Å². The molecule has 1 aromatic rings. The van der Waals surface area contributed by atoms with Gasteiger partial charge in [0.1, 0.15) is 0 Å². The van der Waals surface area contributed by atoms with Crippen LogP contribution in [0.25, 0.3) is 0 Å². The second kappa shape index (κ2) is 8.80.